The highest BCUT2D eigenvalue weighted by Crippen LogP contribution is 2.34. The van der Waals surface area contributed by atoms with Gasteiger partial charge < -0.3 is 9.47 Å². The van der Waals surface area contributed by atoms with Crippen LogP contribution in [0.15, 0.2) is 0 Å². The minimum atomic E-state index is 0.216. The van der Waals surface area contributed by atoms with Crippen molar-refractivity contribution in [1.29, 1.82) is 0 Å². The van der Waals surface area contributed by atoms with Gasteiger partial charge >= 0.3 is 0 Å². The molecule has 1 aliphatic heterocycles. The predicted octanol–water partition coefficient (Wildman–Crippen LogP) is 2.35. The summed E-state index contributed by atoms with van der Waals surface area (Å²) in [4.78, 5) is 0. The number of halogens is 1. The third kappa shape index (κ3) is 2.06. The maximum atomic E-state index is 5.49. The summed E-state index contributed by atoms with van der Waals surface area (Å²) >= 11 is 2.45. The quantitative estimate of drug-likeness (QED) is 0.566. The first-order valence-electron chi connectivity index (χ1n) is 4.00. The van der Waals surface area contributed by atoms with Gasteiger partial charge in [0.2, 0.25) is 0 Å². The smallest absolute Gasteiger partial charge is 0.147 e. The van der Waals surface area contributed by atoms with Crippen LogP contribution in [0.2, 0.25) is 0 Å². The molecule has 2 nitrogen and oxygen atoms in total. The van der Waals surface area contributed by atoms with E-state index in [0.717, 1.165) is 6.42 Å². The summed E-state index contributed by atoms with van der Waals surface area (Å²) in [6, 6.07) is 0. The van der Waals surface area contributed by atoms with Gasteiger partial charge in [-0.2, -0.15) is 0 Å². The van der Waals surface area contributed by atoms with Crippen LogP contribution in [0, 0.1) is 0 Å². The van der Waals surface area contributed by atoms with E-state index in [1.54, 1.807) is 0 Å². The van der Waals surface area contributed by atoms with E-state index in [1.165, 1.54) is 0 Å². The lowest BCUT2D eigenvalue weighted by Gasteiger charge is -2.28. The number of hydrogen-bond acceptors (Lipinski definition) is 2. The fourth-order valence-electron chi connectivity index (χ4n) is 1.31. The van der Waals surface area contributed by atoms with Gasteiger partial charge in [-0.1, -0.05) is 29.5 Å². The molecule has 1 aliphatic rings. The molecule has 0 amide bonds. The molecule has 0 bridgehead atoms. The second-order valence-electron chi connectivity index (χ2n) is 3.21. The number of rotatable bonds is 2. The Kier molecular flexibility index (Phi) is 3.17. The molecule has 0 aromatic heterocycles. The van der Waals surface area contributed by atoms with Crippen LogP contribution < -0.4 is 0 Å². The minimum absolute atomic E-state index is 0.216. The molecular weight excluding hydrogens is 255 g/mol. The van der Waals surface area contributed by atoms with Gasteiger partial charge in [-0.25, -0.2) is 0 Å². The summed E-state index contributed by atoms with van der Waals surface area (Å²) in [6.45, 7) is 6.93. The summed E-state index contributed by atoms with van der Waals surface area (Å²) < 4.78 is 11.0. The zero-order chi connectivity index (χ0) is 8.48. The average Bonchev–Trinajstić information content (AvgIpc) is 2.36. The van der Waals surface area contributed by atoms with E-state index in [0.29, 0.717) is 6.79 Å². The third-order valence-corrected chi connectivity index (χ3v) is 3.67. The minimum Gasteiger partial charge on any atom is -0.350 e. The second-order valence-corrected chi connectivity index (χ2v) is 5.67. The van der Waals surface area contributed by atoms with Crippen molar-refractivity contribution in [2.45, 2.75) is 42.8 Å². The Morgan fingerprint density at radius 1 is 1.55 bits per heavy atom. The summed E-state index contributed by atoms with van der Waals surface area (Å²) in [5.41, 5.74) is 0. The summed E-state index contributed by atoms with van der Waals surface area (Å²) in [5.74, 6) is 0. The van der Waals surface area contributed by atoms with Gasteiger partial charge in [-0.15, -0.1) is 0 Å². The molecule has 0 aromatic carbocycles. The first-order valence-corrected chi connectivity index (χ1v) is 5.08. The Morgan fingerprint density at radius 3 is 2.55 bits per heavy atom. The van der Waals surface area contributed by atoms with Gasteiger partial charge in [-0.05, 0) is 20.3 Å². The van der Waals surface area contributed by atoms with E-state index in [-0.39, 0.29) is 15.6 Å². The van der Waals surface area contributed by atoms with Crippen LogP contribution in [-0.2, 0) is 9.47 Å². The molecule has 2 unspecified atom stereocenters. The third-order valence-electron chi connectivity index (χ3n) is 2.29. The molecule has 3 heteroatoms. The van der Waals surface area contributed by atoms with Crippen molar-refractivity contribution in [3.8, 4) is 0 Å². The molecule has 1 saturated heterocycles. The molecule has 0 radical (unpaired) electrons. The number of ether oxygens (including phenoxy) is 2. The molecule has 66 valence electrons. The van der Waals surface area contributed by atoms with Crippen molar-refractivity contribution in [1.82, 2.24) is 0 Å². The van der Waals surface area contributed by atoms with Gasteiger partial charge in [0.15, 0.2) is 0 Å². The van der Waals surface area contributed by atoms with Crippen molar-refractivity contribution >= 4 is 22.6 Å². The van der Waals surface area contributed by atoms with Crippen molar-refractivity contribution in [3.05, 3.63) is 0 Å². The lowest BCUT2D eigenvalue weighted by molar-refractivity contribution is 0.0353. The predicted molar refractivity (Wildman–Crippen MR) is 53.0 cm³/mol. The van der Waals surface area contributed by atoms with E-state index in [1.807, 2.05) is 0 Å². The second kappa shape index (κ2) is 3.58. The van der Waals surface area contributed by atoms with E-state index < -0.39 is 0 Å². The first kappa shape index (κ1) is 9.74. The van der Waals surface area contributed by atoms with Crippen molar-refractivity contribution in [2.75, 3.05) is 6.79 Å². The van der Waals surface area contributed by atoms with E-state index >= 15 is 0 Å². The number of hydrogen-bond donors (Lipinski definition) is 0. The highest BCUT2D eigenvalue weighted by Gasteiger charge is 2.38. The van der Waals surface area contributed by atoms with Gasteiger partial charge in [0.1, 0.15) is 12.9 Å². The van der Waals surface area contributed by atoms with Crippen LogP contribution in [0.1, 0.15) is 27.2 Å². The molecule has 0 aliphatic carbocycles. The molecular formula is C8H15IO2. The molecule has 0 spiro atoms. The van der Waals surface area contributed by atoms with Crippen LogP contribution >= 0.6 is 22.6 Å². The SMILES string of the molecule is CCC(C)(I)C1OCO[C@@H]1C. The molecule has 3 atom stereocenters. The van der Waals surface area contributed by atoms with Crippen molar-refractivity contribution in [2.24, 2.45) is 0 Å². The Hall–Kier alpha value is 0.650. The Morgan fingerprint density at radius 2 is 2.18 bits per heavy atom. The molecule has 0 aromatic rings. The zero-order valence-electron chi connectivity index (χ0n) is 7.26. The van der Waals surface area contributed by atoms with E-state index in [2.05, 4.69) is 43.4 Å². The standard InChI is InChI=1S/C8H15IO2/c1-4-8(3,9)7-6(2)10-5-11-7/h6-7H,4-5H2,1-3H3/t6-,7?,8?/m1/s1. The van der Waals surface area contributed by atoms with E-state index in [4.69, 9.17) is 9.47 Å². The van der Waals surface area contributed by atoms with Crippen LogP contribution in [0.4, 0.5) is 0 Å². The molecule has 0 saturated carbocycles. The Balaban J connectivity index is 2.58. The van der Waals surface area contributed by atoms with Crippen LogP contribution in [-0.4, -0.2) is 22.4 Å². The van der Waals surface area contributed by atoms with Crippen LogP contribution in [0.3, 0.4) is 0 Å². The summed E-state index contributed by atoms with van der Waals surface area (Å²) in [7, 11) is 0. The topological polar surface area (TPSA) is 18.5 Å². The maximum absolute atomic E-state index is 5.49. The number of alkyl halides is 1. The lowest BCUT2D eigenvalue weighted by atomic mass is 9.98. The molecule has 1 heterocycles. The largest absolute Gasteiger partial charge is 0.350 e. The maximum Gasteiger partial charge on any atom is 0.147 e. The van der Waals surface area contributed by atoms with Gasteiger partial charge in [-0.3, -0.25) is 0 Å². The molecule has 0 N–H and O–H groups in total. The zero-order valence-corrected chi connectivity index (χ0v) is 9.42. The normalized spacial score (nSPS) is 37.1. The van der Waals surface area contributed by atoms with Gasteiger partial charge in [0, 0.05) is 3.42 Å². The molecule has 1 fully saturated rings. The fourth-order valence-corrected chi connectivity index (χ4v) is 1.99. The van der Waals surface area contributed by atoms with Crippen molar-refractivity contribution < 1.29 is 9.47 Å². The first-order chi connectivity index (χ1) is 5.08. The summed E-state index contributed by atoms with van der Waals surface area (Å²) in [5, 5.41) is 0. The monoisotopic (exact) mass is 270 g/mol. The average molecular weight is 270 g/mol. The lowest BCUT2D eigenvalue weighted by Crippen LogP contribution is -2.38. The summed E-state index contributed by atoms with van der Waals surface area (Å²) in [6.07, 6.45) is 1.62. The van der Waals surface area contributed by atoms with Crippen LogP contribution in [0.5, 0.6) is 0 Å². The molecule has 1 rings (SSSR count). The van der Waals surface area contributed by atoms with Gasteiger partial charge in [0.25, 0.3) is 0 Å². The van der Waals surface area contributed by atoms with Gasteiger partial charge in [0.05, 0.1) is 6.10 Å². The van der Waals surface area contributed by atoms with Crippen molar-refractivity contribution in [3.63, 3.8) is 0 Å². The Labute approximate surface area is 81.8 Å². The van der Waals surface area contributed by atoms with E-state index in [9.17, 15) is 0 Å². The van der Waals surface area contributed by atoms with Crippen LogP contribution in [0.25, 0.3) is 0 Å². The molecule has 11 heavy (non-hydrogen) atoms. The fraction of sp³-hybridized carbons (Fsp3) is 1.00. The Bertz CT molecular complexity index is 136. The highest BCUT2D eigenvalue weighted by atomic mass is 127. The highest BCUT2D eigenvalue weighted by molar-refractivity contribution is 14.1.